The van der Waals surface area contributed by atoms with Gasteiger partial charge in [-0.3, -0.25) is 4.98 Å². The highest BCUT2D eigenvalue weighted by atomic mass is 15.1. The molecule has 1 saturated heterocycles. The zero-order valence-electron chi connectivity index (χ0n) is 11.7. The number of rotatable bonds is 5. The van der Waals surface area contributed by atoms with Crippen LogP contribution < -0.4 is 10.2 Å². The van der Waals surface area contributed by atoms with Gasteiger partial charge in [-0.2, -0.15) is 0 Å². The molecule has 1 unspecified atom stereocenters. The zero-order chi connectivity index (χ0) is 12.8. The summed E-state index contributed by atoms with van der Waals surface area (Å²) in [6.45, 7) is 8.93. The Morgan fingerprint density at radius 2 is 2.39 bits per heavy atom. The van der Waals surface area contributed by atoms with Crippen LogP contribution in [0.15, 0.2) is 18.5 Å². The van der Waals surface area contributed by atoms with E-state index >= 15 is 0 Å². The fraction of sp³-hybridized carbons (Fsp3) is 0.667. The highest BCUT2D eigenvalue weighted by Gasteiger charge is 2.18. The molecule has 1 aromatic rings. The Hall–Kier alpha value is -1.09. The first-order chi connectivity index (χ1) is 8.81. The maximum Gasteiger partial charge on any atom is 0.0598 e. The van der Waals surface area contributed by atoms with Crippen LogP contribution in [0.3, 0.4) is 0 Å². The van der Waals surface area contributed by atoms with E-state index < -0.39 is 0 Å². The third-order valence-electron chi connectivity index (χ3n) is 3.63. The van der Waals surface area contributed by atoms with E-state index in [1.54, 1.807) is 0 Å². The highest BCUT2D eigenvalue weighted by molar-refractivity contribution is 5.52. The van der Waals surface area contributed by atoms with Crippen molar-refractivity contribution in [2.45, 2.75) is 39.7 Å². The molecule has 0 spiro atoms. The standard InChI is InChI=1S/C15H25N3/c1-3-7-16-10-14-6-8-17-11-15(14)18-9-4-5-13(2)12-18/h6,8,11,13,16H,3-5,7,9-10,12H2,1-2H3. The molecule has 1 aliphatic rings. The molecule has 2 rings (SSSR count). The van der Waals surface area contributed by atoms with Gasteiger partial charge in [0.15, 0.2) is 0 Å². The number of nitrogens with zero attached hydrogens (tertiary/aromatic N) is 2. The second-order valence-electron chi connectivity index (χ2n) is 5.37. The predicted octanol–water partition coefficient (Wildman–Crippen LogP) is 2.82. The molecule has 1 N–H and O–H groups in total. The van der Waals surface area contributed by atoms with E-state index in [9.17, 15) is 0 Å². The lowest BCUT2D eigenvalue weighted by molar-refractivity contribution is 0.445. The summed E-state index contributed by atoms with van der Waals surface area (Å²) in [5.74, 6) is 0.801. The van der Waals surface area contributed by atoms with Gasteiger partial charge in [-0.05, 0) is 43.4 Å². The average Bonchev–Trinajstić information content (AvgIpc) is 2.40. The molecule has 1 atom stereocenters. The monoisotopic (exact) mass is 247 g/mol. The fourth-order valence-electron chi connectivity index (χ4n) is 2.66. The molecule has 1 aliphatic heterocycles. The number of hydrogen-bond donors (Lipinski definition) is 1. The number of piperidine rings is 1. The molecule has 0 amide bonds. The van der Waals surface area contributed by atoms with E-state index in [1.165, 1.54) is 43.6 Å². The number of nitrogens with one attached hydrogen (secondary N) is 1. The van der Waals surface area contributed by atoms with Crippen LogP contribution in [0.4, 0.5) is 5.69 Å². The van der Waals surface area contributed by atoms with Crippen molar-refractivity contribution in [1.29, 1.82) is 0 Å². The molecule has 0 aromatic carbocycles. The largest absolute Gasteiger partial charge is 0.370 e. The second kappa shape index (κ2) is 6.74. The minimum atomic E-state index is 0.801. The van der Waals surface area contributed by atoms with Crippen molar-refractivity contribution in [3.63, 3.8) is 0 Å². The Labute approximate surface area is 111 Å². The summed E-state index contributed by atoms with van der Waals surface area (Å²) in [5, 5.41) is 3.49. The summed E-state index contributed by atoms with van der Waals surface area (Å²) in [6, 6.07) is 2.15. The van der Waals surface area contributed by atoms with Crippen molar-refractivity contribution in [2.75, 3.05) is 24.5 Å². The lowest BCUT2D eigenvalue weighted by atomic mass is 9.99. The normalized spacial score (nSPS) is 20.1. The van der Waals surface area contributed by atoms with Gasteiger partial charge < -0.3 is 10.2 Å². The molecule has 0 bridgehead atoms. The molecule has 1 fully saturated rings. The lowest BCUT2D eigenvalue weighted by Gasteiger charge is -2.33. The molecule has 1 aromatic heterocycles. The first-order valence-electron chi connectivity index (χ1n) is 7.19. The van der Waals surface area contributed by atoms with Crippen LogP contribution in [0.1, 0.15) is 38.7 Å². The first kappa shape index (κ1) is 13.3. The van der Waals surface area contributed by atoms with E-state index in [2.05, 4.69) is 35.1 Å². The van der Waals surface area contributed by atoms with Crippen LogP contribution in [-0.4, -0.2) is 24.6 Å². The summed E-state index contributed by atoms with van der Waals surface area (Å²) in [7, 11) is 0. The van der Waals surface area contributed by atoms with E-state index in [1.807, 2.05) is 12.4 Å². The van der Waals surface area contributed by atoms with Gasteiger partial charge in [-0.25, -0.2) is 0 Å². The molecule has 3 heteroatoms. The van der Waals surface area contributed by atoms with Crippen molar-refractivity contribution in [2.24, 2.45) is 5.92 Å². The average molecular weight is 247 g/mol. The summed E-state index contributed by atoms with van der Waals surface area (Å²) >= 11 is 0. The lowest BCUT2D eigenvalue weighted by Crippen LogP contribution is -2.35. The Morgan fingerprint density at radius 1 is 1.50 bits per heavy atom. The molecule has 100 valence electrons. The summed E-state index contributed by atoms with van der Waals surface area (Å²) < 4.78 is 0. The van der Waals surface area contributed by atoms with E-state index in [0.29, 0.717) is 0 Å². The number of aromatic nitrogens is 1. The minimum Gasteiger partial charge on any atom is -0.370 e. The summed E-state index contributed by atoms with van der Waals surface area (Å²) in [6.07, 6.45) is 7.78. The quantitative estimate of drug-likeness (QED) is 0.811. The molecule has 3 nitrogen and oxygen atoms in total. The maximum absolute atomic E-state index is 4.30. The second-order valence-corrected chi connectivity index (χ2v) is 5.37. The van der Waals surface area contributed by atoms with Crippen LogP contribution in [0.2, 0.25) is 0 Å². The molecule has 0 radical (unpaired) electrons. The topological polar surface area (TPSA) is 28.2 Å². The van der Waals surface area contributed by atoms with Gasteiger partial charge in [0.25, 0.3) is 0 Å². The molecule has 2 heterocycles. The Kier molecular flexibility index (Phi) is 5.00. The molecule has 0 saturated carbocycles. The predicted molar refractivity (Wildman–Crippen MR) is 76.8 cm³/mol. The number of hydrogen-bond acceptors (Lipinski definition) is 3. The molecular formula is C15H25N3. The van der Waals surface area contributed by atoms with Crippen LogP contribution in [0.5, 0.6) is 0 Å². The van der Waals surface area contributed by atoms with Gasteiger partial charge in [0.05, 0.1) is 11.9 Å². The van der Waals surface area contributed by atoms with Gasteiger partial charge in [0.1, 0.15) is 0 Å². The summed E-state index contributed by atoms with van der Waals surface area (Å²) in [4.78, 5) is 6.81. The molecule has 18 heavy (non-hydrogen) atoms. The molecular weight excluding hydrogens is 222 g/mol. The summed E-state index contributed by atoms with van der Waals surface area (Å²) in [5.41, 5.74) is 2.71. The Balaban J connectivity index is 2.06. The first-order valence-corrected chi connectivity index (χ1v) is 7.19. The number of anilines is 1. The number of pyridine rings is 1. The van der Waals surface area contributed by atoms with Crippen molar-refractivity contribution in [1.82, 2.24) is 10.3 Å². The van der Waals surface area contributed by atoms with Gasteiger partial charge in [-0.15, -0.1) is 0 Å². The van der Waals surface area contributed by atoms with Crippen LogP contribution in [-0.2, 0) is 6.54 Å². The van der Waals surface area contributed by atoms with Gasteiger partial charge >= 0.3 is 0 Å². The fourth-order valence-corrected chi connectivity index (χ4v) is 2.66. The van der Waals surface area contributed by atoms with Gasteiger partial charge in [0.2, 0.25) is 0 Å². The van der Waals surface area contributed by atoms with Crippen molar-refractivity contribution in [3.8, 4) is 0 Å². The van der Waals surface area contributed by atoms with Crippen molar-refractivity contribution in [3.05, 3.63) is 24.0 Å². The van der Waals surface area contributed by atoms with Crippen LogP contribution in [0, 0.1) is 5.92 Å². The molecule has 0 aliphatic carbocycles. The maximum atomic E-state index is 4.30. The third kappa shape index (κ3) is 3.45. The van der Waals surface area contributed by atoms with Gasteiger partial charge in [0, 0.05) is 25.8 Å². The Morgan fingerprint density at radius 3 is 3.17 bits per heavy atom. The van der Waals surface area contributed by atoms with E-state index in [-0.39, 0.29) is 0 Å². The third-order valence-corrected chi connectivity index (χ3v) is 3.63. The minimum absolute atomic E-state index is 0.801. The van der Waals surface area contributed by atoms with E-state index in [0.717, 1.165) is 19.0 Å². The van der Waals surface area contributed by atoms with Gasteiger partial charge in [-0.1, -0.05) is 13.8 Å². The zero-order valence-corrected chi connectivity index (χ0v) is 11.7. The van der Waals surface area contributed by atoms with Crippen LogP contribution in [0.25, 0.3) is 0 Å². The Bertz CT molecular complexity index is 365. The van der Waals surface area contributed by atoms with E-state index in [4.69, 9.17) is 0 Å². The smallest absolute Gasteiger partial charge is 0.0598 e. The van der Waals surface area contributed by atoms with Crippen molar-refractivity contribution < 1.29 is 0 Å². The van der Waals surface area contributed by atoms with Crippen molar-refractivity contribution >= 4 is 5.69 Å². The SMILES string of the molecule is CCCNCc1ccncc1N1CCCC(C)C1. The highest BCUT2D eigenvalue weighted by Crippen LogP contribution is 2.25. The van der Waals surface area contributed by atoms with Crippen LogP contribution >= 0.6 is 0 Å².